The lowest BCUT2D eigenvalue weighted by Gasteiger charge is -2.29. The number of oxime groups is 1. The van der Waals surface area contributed by atoms with Crippen LogP contribution in [0, 0.1) is 5.92 Å². The maximum absolute atomic E-state index is 12.8. The molecular weight excluding hydrogens is 247 g/mol. The molecule has 0 bridgehead atoms. The molecule has 0 amide bonds. The zero-order valence-electron chi connectivity index (χ0n) is 10.3. The van der Waals surface area contributed by atoms with Gasteiger partial charge in [0.05, 0.1) is 0 Å². The van der Waals surface area contributed by atoms with Gasteiger partial charge in [-0.25, -0.2) is 0 Å². The van der Waals surface area contributed by atoms with Crippen molar-refractivity contribution in [3.8, 4) is 0 Å². The summed E-state index contributed by atoms with van der Waals surface area (Å²) < 4.78 is 38.4. The average molecular weight is 267 g/mol. The van der Waals surface area contributed by atoms with E-state index in [0.717, 1.165) is 32.1 Å². The molecule has 0 aliphatic carbocycles. The lowest BCUT2D eigenvalue weighted by Crippen LogP contribution is -2.45. The number of amidine groups is 1. The summed E-state index contributed by atoms with van der Waals surface area (Å²) in [6.45, 7) is 1.07. The molecule has 0 aromatic carbocycles. The van der Waals surface area contributed by atoms with Crippen LogP contribution in [0.5, 0.6) is 0 Å². The Morgan fingerprint density at radius 1 is 1.17 bits per heavy atom. The molecule has 1 fully saturated rings. The Kier molecular flexibility index (Phi) is 5.71. The zero-order valence-corrected chi connectivity index (χ0v) is 10.3. The summed E-state index contributed by atoms with van der Waals surface area (Å²) in [5.41, 5.74) is 5.14. The third-order valence-electron chi connectivity index (χ3n) is 3.26. The molecule has 1 atom stereocenters. The summed E-state index contributed by atoms with van der Waals surface area (Å²) in [6, 6.07) is 0. The zero-order chi connectivity index (χ0) is 13.6. The van der Waals surface area contributed by atoms with Crippen LogP contribution in [0.15, 0.2) is 5.16 Å². The number of nitrogens with zero attached hydrogens (tertiary/aromatic N) is 2. The molecule has 1 aliphatic heterocycles. The van der Waals surface area contributed by atoms with E-state index in [1.807, 2.05) is 0 Å². The van der Waals surface area contributed by atoms with E-state index in [9.17, 15) is 13.2 Å². The lowest BCUT2D eigenvalue weighted by molar-refractivity contribution is -0.160. The highest BCUT2D eigenvalue weighted by Gasteiger charge is 2.43. The Balaban J connectivity index is 2.64. The monoisotopic (exact) mass is 267 g/mol. The fourth-order valence-corrected chi connectivity index (χ4v) is 2.19. The standard InChI is InChI=1S/C11H20F3N3O/c12-11(13,14)9(10(15)16-18)8-17-6-4-2-1-3-5-7-17/h9,18H,1-8H2,(H2,15,16). The van der Waals surface area contributed by atoms with Crippen LogP contribution < -0.4 is 5.73 Å². The molecule has 1 rings (SSSR count). The molecule has 1 aliphatic rings. The molecule has 0 spiro atoms. The molecule has 3 N–H and O–H groups in total. The second-order valence-corrected chi connectivity index (χ2v) is 4.69. The van der Waals surface area contributed by atoms with Gasteiger partial charge in [0.25, 0.3) is 0 Å². The predicted molar refractivity (Wildman–Crippen MR) is 62.5 cm³/mol. The van der Waals surface area contributed by atoms with Crippen molar-refractivity contribution in [1.82, 2.24) is 4.90 Å². The first-order valence-corrected chi connectivity index (χ1v) is 6.21. The molecular formula is C11H20F3N3O. The van der Waals surface area contributed by atoms with Crippen molar-refractivity contribution in [2.24, 2.45) is 16.8 Å². The van der Waals surface area contributed by atoms with Gasteiger partial charge in [0.15, 0.2) is 5.84 Å². The first-order chi connectivity index (χ1) is 8.45. The molecule has 1 unspecified atom stereocenters. The maximum Gasteiger partial charge on any atom is 0.400 e. The van der Waals surface area contributed by atoms with Crippen molar-refractivity contribution in [1.29, 1.82) is 0 Å². The highest BCUT2D eigenvalue weighted by molar-refractivity contribution is 5.83. The predicted octanol–water partition coefficient (Wildman–Crippen LogP) is 2.18. The normalized spacial score (nSPS) is 22.3. The van der Waals surface area contributed by atoms with Gasteiger partial charge in [0.2, 0.25) is 0 Å². The van der Waals surface area contributed by atoms with Crippen molar-refractivity contribution >= 4 is 5.84 Å². The van der Waals surface area contributed by atoms with E-state index >= 15 is 0 Å². The highest BCUT2D eigenvalue weighted by Crippen LogP contribution is 2.27. The summed E-state index contributed by atoms with van der Waals surface area (Å²) in [4.78, 5) is 1.76. The second kappa shape index (κ2) is 6.82. The fraction of sp³-hybridized carbons (Fsp3) is 0.909. The van der Waals surface area contributed by atoms with Crippen LogP contribution in [0.1, 0.15) is 32.1 Å². The van der Waals surface area contributed by atoms with Crippen LogP contribution in [0.25, 0.3) is 0 Å². The molecule has 0 aromatic heterocycles. The molecule has 7 heteroatoms. The number of halogens is 3. The quantitative estimate of drug-likeness (QED) is 0.356. The summed E-state index contributed by atoms with van der Waals surface area (Å²) in [5.74, 6) is -2.65. The van der Waals surface area contributed by atoms with Gasteiger partial charge >= 0.3 is 6.18 Å². The SMILES string of the molecule is NC(=NO)C(CN1CCCCCCC1)C(F)(F)F. The minimum absolute atomic E-state index is 0.223. The topological polar surface area (TPSA) is 61.9 Å². The first-order valence-electron chi connectivity index (χ1n) is 6.21. The van der Waals surface area contributed by atoms with Crippen LogP contribution in [-0.4, -0.2) is 41.8 Å². The number of alkyl halides is 3. The number of hydrogen-bond acceptors (Lipinski definition) is 3. The van der Waals surface area contributed by atoms with Crippen LogP contribution in [0.3, 0.4) is 0 Å². The Morgan fingerprint density at radius 2 is 1.67 bits per heavy atom. The Morgan fingerprint density at radius 3 is 2.11 bits per heavy atom. The van der Waals surface area contributed by atoms with Gasteiger partial charge in [-0.2, -0.15) is 13.2 Å². The van der Waals surface area contributed by atoms with Crippen LogP contribution in [-0.2, 0) is 0 Å². The van der Waals surface area contributed by atoms with E-state index in [-0.39, 0.29) is 6.54 Å². The average Bonchev–Trinajstić information content (AvgIpc) is 2.25. The Hall–Kier alpha value is -0.980. The van der Waals surface area contributed by atoms with Gasteiger partial charge in [-0.3, -0.25) is 0 Å². The minimum Gasteiger partial charge on any atom is -0.409 e. The van der Waals surface area contributed by atoms with Gasteiger partial charge in [-0.05, 0) is 25.9 Å². The van der Waals surface area contributed by atoms with E-state index < -0.39 is 17.9 Å². The molecule has 0 aromatic rings. The smallest absolute Gasteiger partial charge is 0.400 e. The molecule has 1 heterocycles. The first kappa shape index (κ1) is 15.1. The van der Waals surface area contributed by atoms with Gasteiger partial charge in [0, 0.05) is 6.54 Å². The van der Waals surface area contributed by atoms with Gasteiger partial charge < -0.3 is 15.8 Å². The highest BCUT2D eigenvalue weighted by atomic mass is 19.4. The molecule has 18 heavy (non-hydrogen) atoms. The van der Waals surface area contributed by atoms with E-state index in [0.29, 0.717) is 13.1 Å². The third-order valence-corrected chi connectivity index (χ3v) is 3.26. The molecule has 0 radical (unpaired) electrons. The largest absolute Gasteiger partial charge is 0.409 e. The summed E-state index contributed by atoms with van der Waals surface area (Å²) >= 11 is 0. The number of rotatable bonds is 3. The molecule has 1 saturated heterocycles. The van der Waals surface area contributed by atoms with Crippen molar-refractivity contribution in [2.45, 2.75) is 38.3 Å². The van der Waals surface area contributed by atoms with Crippen molar-refractivity contribution in [3.05, 3.63) is 0 Å². The van der Waals surface area contributed by atoms with E-state index in [4.69, 9.17) is 10.9 Å². The Labute approximate surface area is 105 Å². The van der Waals surface area contributed by atoms with Crippen molar-refractivity contribution in [2.75, 3.05) is 19.6 Å². The summed E-state index contributed by atoms with van der Waals surface area (Å²) in [7, 11) is 0. The molecule has 4 nitrogen and oxygen atoms in total. The molecule has 0 saturated carbocycles. The molecule has 106 valence electrons. The van der Waals surface area contributed by atoms with Crippen LogP contribution in [0.2, 0.25) is 0 Å². The van der Waals surface area contributed by atoms with E-state index in [1.54, 1.807) is 4.90 Å². The van der Waals surface area contributed by atoms with Crippen LogP contribution in [0.4, 0.5) is 13.2 Å². The number of likely N-dealkylation sites (tertiary alicyclic amines) is 1. The second-order valence-electron chi connectivity index (χ2n) is 4.69. The van der Waals surface area contributed by atoms with Crippen molar-refractivity contribution < 1.29 is 18.4 Å². The van der Waals surface area contributed by atoms with E-state index in [2.05, 4.69) is 5.16 Å². The van der Waals surface area contributed by atoms with Crippen LogP contribution >= 0.6 is 0 Å². The van der Waals surface area contributed by atoms with Gasteiger partial charge in [-0.1, -0.05) is 24.4 Å². The summed E-state index contributed by atoms with van der Waals surface area (Å²) in [6.07, 6.45) is 0.588. The number of hydrogen-bond donors (Lipinski definition) is 2. The minimum atomic E-state index is -4.47. The fourth-order valence-electron chi connectivity index (χ4n) is 2.19. The van der Waals surface area contributed by atoms with E-state index in [1.165, 1.54) is 0 Å². The lowest BCUT2D eigenvalue weighted by atomic mass is 10.0. The summed E-state index contributed by atoms with van der Waals surface area (Å²) in [5, 5.41) is 11.0. The number of nitrogens with two attached hydrogens (primary N) is 1. The van der Waals surface area contributed by atoms with Gasteiger partial charge in [0.1, 0.15) is 5.92 Å². The Bertz CT molecular complexity index is 273. The van der Waals surface area contributed by atoms with Crippen molar-refractivity contribution in [3.63, 3.8) is 0 Å². The maximum atomic E-state index is 12.8. The van der Waals surface area contributed by atoms with Gasteiger partial charge in [-0.15, -0.1) is 0 Å². The third kappa shape index (κ3) is 4.72.